The first-order valence-electron chi connectivity index (χ1n) is 9.82. The lowest BCUT2D eigenvalue weighted by Gasteiger charge is -2.16. The third-order valence-corrected chi connectivity index (χ3v) is 6.53. The molecule has 0 fully saturated rings. The van der Waals surface area contributed by atoms with Crippen molar-refractivity contribution in [3.8, 4) is 0 Å². The number of carbonyl (C=O) groups excluding carboxylic acids is 1. The lowest BCUT2D eigenvalue weighted by Crippen LogP contribution is -2.33. The Morgan fingerprint density at radius 2 is 1.94 bits per heavy atom. The highest BCUT2D eigenvalue weighted by molar-refractivity contribution is 7.14. The molecule has 32 heavy (non-hydrogen) atoms. The molecule has 0 spiro atoms. The quantitative estimate of drug-likeness (QED) is 0.284. The van der Waals surface area contributed by atoms with E-state index in [4.69, 9.17) is 5.73 Å². The van der Waals surface area contributed by atoms with Gasteiger partial charge in [-0.3, -0.25) is 9.59 Å². The molecule has 4 aromatic rings. The fourth-order valence-corrected chi connectivity index (χ4v) is 4.61. The van der Waals surface area contributed by atoms with E-state index in [9.17, 15) is 19.5 Å². The molecule has 9 nitrogen and oxygen atoms in total. The van der Waals surface area contributed by atoms with E-state index in [0.29, 0.717) is 27.3 Å². The third kappa shape index (κ3) is 3.87. The van der Waals surface area contributed by atoms with E-state index in [1.807, 2.05) is 6.92 Å². The Morgan fingerprint density at radius 1 is 1.19 bits per heavy atom. The van der Waals surface area contributed by atoms with Crippen LogP contribution in [0, 0.1) is 6.92 Å². The van der Waals surface area contributed by atoms with Crippen LogP contribution in [0.4, 0.5) is 5.69 Å². The Balaban J connectivity index is 1.60. The molecule has 0 radical (unpaired) electrons. The molecule has 0 saturated carbocycles. The highest BCUT2D eigenvalue weighted by Gasteiger charge is 2.26. The minimum absolute atomic E-state index is 0.180. The summed E-state index contributed by atoms with van der Waals surface area (Å²) in [5, 5.41) is 12.6. The van der Waals surface area contributed by atoms with Crippen LogP contribution in [0.2, 0.25) is 0 Å². The number of nitrogens with two attached hydrogens (primary N) is 1. The number of H-pyrrole nitrogens is 2. The van der Waals surface area contributed by atoms with Gasteiger partial charge in [0.1, 0.15) is 11.5 Å². The average molecular weight is 452 g/mol. The van der Waals surface area contributed by atoms with E-state index in [2.05, 4.69) is 20.3 Å². The van der Waals surface area contributed by atoms with Crippen molar-refractivity contribution in [2.24, 2.45) is 0 Å². The van der Waals surface area contributed by atoms with E-state index in [0.717, 1.165) is 10.4 Å². The molecule has 4 rings (SSSR count). The number of fused-ring (bicyclic) bond motifs is 1. The Labute approximate surface area is 186 Å². The smallest absolute Gasteiger partial charge is 0.331 e. The van der Waals surface area contributed by atoms with Gasteiger partial charge in [0.2, 0.25) is 0 Å². The number of aromatic amines is 2. The molecule has 164 valence electrons. The van der Waals surface area contributed by atoms with Gasteiger partial charge in [-0.15, -0.1) is 11.3 Å². The zero-order chi connectivity index (χ0) is 23.0. The van der Waals surface area contributed by atoms with Crippen molar-refractivity contribution in [3.63, 3.8) is 0 Å². The zero-order valence-electron chi connectivity index (χ0n) is 17.3. The minimum Gasteiger partial charge on any atom is -0.479 e. The summed E-state index contributed by atoms with van der Waals surface area (Å²) < 4.78 is 0. The maximum Gasteiger partial charge on any atom is 0.331 e. The molecule has 0 bridgehead atoms. The molecule has 0 aliphatic rings. The first kappa shape index (κ1) is 21.3. The molecular weight excluding hydrogens is 430 g/mol. The van der Waals surface area contributed by atoms with Gasteiger partial charge < -0.3 is 26.1 Å². The average Bonchev–Trinajstić information content (AvgIpc) is 3.39. The second-order valence-corrected chi connectivity index (χ2v) is 8.53. The van der Waals surface area contributed by atoms with Crippen LogP contribution in [0.25, 0.3) is 11.0 Å². The van der Waals surface area contributed by atoms with Gasteiger partial charge >= 0.3 is 5.97 Å². The summed E-state index contributed by atoms with van der Waals surface area (Å²) in [5.74, 6) is -1.38. The number of para-hydroxylation sites is 1. The lowest BCUT2D eigenvalue weighted by atomic mass is 10.0. The predicted molar refractivity (Wildman–Crippen MR) is 122 cm³/mol. The van der Waals surface area contributed by atoms with Gasteiger partial charge in [-0.05, 0) is 30.7 Å². The first-order valence-corrected chi connectivity index (χ1v) is 10.6. The van der Waals surface area contributed by atoms with Crippen LogP contribution >= 0.6 is 11.3 Å². The number of hydrogen-bond donors (Lipinski definition) is 5. The number of aliphatic carboxylic acids is 1. The number of rotatable bonds is 6. The summed E-state index contributed by atoms with van der Waals surface area (Å²) in [5.41, 5.74) is 7.54. The van der Waals surface area contributed by atoms with Crippen molar-refractivity contribution in [2.45, 2.75) is 25.8 Å². The number of nitrogens with zero attached hydrogens (tertiary/aromatic N) is 1. The number of aryl methyl sites for hydroxylation is 1. The number of anilines is 1. The number of carbonyl (C=O) groups is 2. The van der Waals surface area contributed by atoms with Crippen molar-refractivity contribution in [1.29, 1.82) is 0 Å². The first-order chi connectivity index (χ1) is 15.3. The number of nitrogens with one attached hydrogen (secondary N) is 3. The van der Waals surface area contributed by atoms with E-state index in [1.54, 1.807) is 49.5 Å². The van der Waals surface area contributed by atoms with Crippen LogP contribution in [0.3, 0.4) is 0 Å². The largest absolute Gasteiger partial charge is 0.479 e. The van der Waals surface area contributed by atoms with Crippen LogP contribution in [0.15, 0.2) is 47.4 Å². The summed E-state index contributed by atoms with van der Waals surface area (Å²) >= 11 is 1.24. The van der Waals surface area contributed by atoms with Gasteiger partial charge in [-0.2, -0.15) is 0 Å². The number of nitrogen functional groups attached to an aromatic ring is 1. The Morgan fingerprint density at radius 3 is 2.66 bits per heavy atom. The van der Waals surface area contributed by atoms with Crippen molar-refractivity contribution >= 4 is 39.9 Å². The van der Waals surface area contributed by atoms with Crippen LogP contribution in [0.5, 0.6) is 0 Å². The molecule has 1 amide bonds. The maximum absolute atomic E-state index is 12.8. The minimum atomic E-state index is -1.27. The number of amides is 1. The predicted octanol–water partition coefficient (Wildman–Crippen LogP) is 2.91. The van der Waals surface area contributed by atoms with E-state index < -0.39 is 17.9 Å². The Hall–Kier alpha value is -3.92. The molecule has 2 atom stereocenters. The summed E-state index contributed by atoms with van der Waals surface area (Å²) in [4.78, 5) is 48.2. The van der Waals surface area contributed by atoms with Gasteiger partial charge in [-0.1, -0.05) is 25.1 Å². The van der Waals surface area contributed by atoms with Crippen LogP contribution in [0.1, 0.15) is 50.4 Å². The van der Waals surface area contributed by atoms with E-state index in [-0.39, 0.29) is 17.2 Å². The number of thiophene rings is 1. The number of carboxylic acid groups (broad SMARTS) is 1. The second kappa shape index (κ2) is 8.31. The SMILES string of the molecule is Cc1nc2[nH]cc(C(C)c3ccc(C(=O)NC(C(=O)O)c4ccccc4N)s3)c2c(=O)[nH]1. The van der Waals surface area contributed by atoms with E-state index >= 15 is 0 Å². The highest BCUT2D eigenvalue weighted by atomic mass is 32.1. The van der Waals surface area contributed by atoms with Gasteiger partial charge in [0.05, 0.1) is 10.3 Å². The van der Waals surface area contributed by atoms with Gasteiger partial charge in [0.25, 0.3) is 11.5 Å². The molecule has 10 heteroatoms. The summed E-state index contributed by atoms with van der Waals surface area (Å²) in [6.07, 6.45) is 1.75. The summed E-state index contributed by atoms with van der Waals surface area (Å²) in [6, 6.07) is 8.68. The number of hydrogen-bond acceptors (Lipinski definition) is 6. The zero-order valence-corrected chi connectivity index (χ0v) is 18.1. The number of aromatic nitrogens is 3. The fraction of sp³-hybridized carbons (Fsp3) is 0.182. The lowest BCUT2D eigenvalue weighted by molar-refractivity contribution is -0.139. The van der Waals surface area contributed by atoms with Crippen LogP contribution in [-0.2, 0) is 4.79 Å². The topological polar surface area (TPSA) is 154 Å². The van der Waals surface area contributed by atoms with Gasteiger partial charge in [0, 0.05) is 28.2 Å². The molecule has 2 unspecified atom stereocenters. The number of benzene rings is 1. The van der Waals surface area contributed by atoms with Crippen LogP contribution in [-0.4, -0.2) is 31.9 Å². The molecule has 3 heterocycles. The van der Waals surface area contributed by atoms with Crippen molar-refractivity contribution < 1.29 is 14.7 Å². The molecular formula is C22H21N5O4S. The standard InChI is InChI=1S/C22H21N5O4S/c1-10(13-9-24-19-17(13)21(29)26-11(2)25-19)15-7-8-16(32-15)20(28)27-18(22(30)31)12-5-3-4-6-14(12)23/h3-10,18H,23H2,1-2H3,(H,27,28)(H,30,31)(H2,24,25,26,29). The third-order valence-electron chi connectivity index (χ3n) is 5.26. The summed E-state index contributed by atoms with van der Waals surface area (Å²) in [7, 11) is 0. The second-order valence-electron chi connectivity index (χ2n) is 7.42. The molecule has 0 aliphatic carbocycles. The molecule has 0 saturated heterocycles. The van der Waals surface area contributed by atoms with E-state index in [1.165, 1.54) is 11.3 Å². The molecule has 3 aromatic heterocycles. The summed E-state index contributed by atoms with van der Waals surface area (Å²) in [6.45, 7) is 3.64. The van der Waals surface area contributed by atoms with Crippen LogP contribution < -0.4 is 16.6 Å². The Kier molecular flexibility index (Phi) is 5.54. The van der Waals surface area contributed by atoms with Gasteiger partial charge in [0.15, 0.2) is 6.04 Å². The monoisotopic (exact) mass is 451 g/mol. The number of carboxylic acids is 1. The normalized spacial score (nSPS) is 13.1. The molecule has 6 N–H and O–H groups in total. The molecule has 0 aliphatic heterocycles. The Bertz CT molecular complexity index is 1390. The fourth-order valence-electron chi connectivity index (χ4n) is 3.63. The molecule has 1 aromatic carbocycles. The maximum atomic E-state index is 12.8. The van der Waals surface area contributed by atoms with Crippen molar-refractivity contribution in [2.75, 3.05) is 5.73 Å². The highest BCUT2D eigenvalue weighted by Crippen LogP contribution is 2.33. The van der Waals surface area contributed by atoms with Crippen molar-refractivity contribution in [1.82, 2.24) is 20.3 Å². The van der Waals surface area contributed by atoms with Gasteiger partial charge in [-0.25, -0.2) is 9.78 Å². The van der Waals surface area contributed by atoms with Crippen molar-refractivity contribution in [3.05, 3.63) is 79.7 Å².